The molecule has 28 heavy (non-hydrogen) atoms. The van der Waals surface area contributed by atoms with Crippen molar-refractivity contribution in [2.24, 2.45) is 0 Å². The highest BCUT2D eigenvalue weighted by Gasteiger charge is 2.46. The quantitative estimate of drug-likeness (QED) is 0.853. The Balaban J connectivity index is 1.53. The Labute approximate surface area is 162 Å². The Morgan fingerprint density at radius 2 is 1.82 bits per heavy atom. The summed E-state index contributed by atoms with van der Waals surface area (Å²) in [4.78, 5) is 2.25. The van der Waals surface area contributed by atoms with Crippen molar-refractivity contribution in [1.82, 2.24) is 4.90 Å². The Kier molecular flexibility index (Phi) is 3.53. The fourth-order valence-electron chi connectivity index (χ4n) is 5.12. The average molecular weight is 383 g/mol. The molecule has 7 nitrogen and oxygen atoms in total. The maximum absolute atomic E-state index is 11.2. The fourth-order valence-corrected chi connectivity index (χ4v) is 5.12. The molecule has 3 atom stereocenters. The van der Waals surface area contributed by atoms with Crippen LogP contribution in [0.1, 0.15) is 34.2 Å². The van der Waals surface area contributed by atoms with Crippen molar-refractivity contribution in [2.45, 2.75) is 31.0 Å². The van der Waals surface area contributed by atoms with Gasteiger partial charge in [0.15, 0.2) is 23.0 Å². The monoisotopic (exact) mass is 383 g/mol. The van der Waals surface area contributed by atoms with Crippen molar-refractivity contribution in [3.05, 3.63) is 46.5 Å². The van der Waals surface area contributed by atoms with E-state index >= 15 is 0 Å². The summed E-state index contributed by atoms with van der Waals surface area (Å²) in [6.07, 6.45) is 0.0543. The van der Waals surface area contributed by atoms with Gasteiger partial charge in [0, 0.05) is 31.2 Å². The van der Waals surface area contributed by atoms with E-state index in [9.17, 15) is 5.11 Å². The second-order valence-electron chi connectivity index (χ2n) is 7.68. The molecule has 3 unspecified atom stereocenters. The lowest BCUT2D eigenvalue weighted by Gasteiger charge is -2.47. The molecule has 0 aromatic heterocycles. The number of hydrogen-bond acceptors (Lipinski definition) is 7. The van der Waals surface area contributed by atoms with Crippen LogP contribution in [0, 0.1) is 0 Å². The number of ether oxygens (including phenoxy) is 5. The number of fused-ring (bicyclic) bond motifs is 8. The third kappa shape index (κ3) is 2.21. The van der Waals surface area contributed by atoms with Crippen LogP contribution >= 0.6 is 0 Å². The lowest BCUT2D eigenvalue weighted by atomic mass is 9.70. The maximum Gasteiger partial charge on any atom is 0.231 e. The number of aliphatic hydroxyl groups excluding tert-OH is 1. The molecule has 0 bridgehead atoms. The first-order chi connectivity index (χ1) is 13.7. The first kappa shape index (κ1) is 16.5. The molecule has 0 radical (unpaired) electrons. The summed E-state index contributed by atoms with van der Waals surface area (Å²) < 4.78 is 28.0. The topological polar surface area (TPSA) is 69.6 Å². The average Bonchev–Trinajstić information content (AvgIpc) is 3.35. The molecule has 1 aliphatic carbocycles. The molecule has 0 saturated carbocycles. The van der Waals surface area contributed by atoms with Gasteiger partial charge in [-0.2, -0.15) is 0 Å². The molecule has 2 aromatic carbocycles. The minimum atomic E-state index is -0.517. The van der Waals surface area contributed by atoms with Crippen LogP contribution in [-0.4, -0.2) is 43.5 Å². The van der Waals surface area contributed by atoms with Crippen LogP contribution in [-0.2, 0) is 17.7 Å². The van der Waals surface area contributed by atoms with Crippen LogP contribution in [0.5, 0.6) is 23.0 Å². The molecule has 0 amide bonds. The van der Waals surface area contributed by atoms with E-state index in [0.29, 0.717) is 19.7 Å². The normalized spacial score (nSPS) is 26.6. The minimum Gasteiger partial charge on any atom is -0.454 e. The summed E-state index contributed by atoms with van der Waals surface area (Å²) >= 11 is 0. The van der Waals surface area contributed by atoms with Crippen molar-refractivity contribution in [2.75, 3.05) is 27.4 Å². The third-order valence-corrected chi connectivity index (χ3v) is 6.22. The van der Waals surface area contributed by atoms with Gasteiger partial charge in [-0.1, -0.05) is 6.07 Å². The highest BCUT2D eigenvalue weighted by atomic mass is 16.7. The molecule has 3 aliphatic heterocycles. The molecule has 0 spiro atoms. The van der Waals surface area contributed by atoms with Gasteiger partial charge in [-0.15, -0.1) is 0 Å². The molecule has 4 aliphatic rings. The van der Waals surface area contributed by atoms with Gasteiger partial charge < -0.3 is 28.8 Å². The van der Waals surface area contributed by atoms with Gasteiger partial charge >= 0.3 is 0 Å². The number of benzene rings is 2. The molecule has 2 aromatic rings. The van der Waals surface area contributed by atoms with Crippen LogP contribution in [0.25, 0.3) is 0 Å². The fraction of sp³-hybridized carbons (Fsp3) is 0.429. The second kappa shape index (κ2) is 6.01. The Bertz CT molecular complexity index is 960. The summed E-state index contributed by atoms with van der Waals surface area (Å²) in [7, 11) is 1.69. The second-order valence-corrected chi connectivity index (χ2v) is 7.68. The predicted molar refractivity (Wildman–Crippen MR) is 97.7 cm³/mol. The molecule has 6 rings (SSSR count). The van der Waals surface area contributed by atoms with Crippen molar-refractivity contribution in [3.8, 4) is 23.0 Å². The van der Waals surface area contributed by atoms with E-state index in [1.165, 1.54) is 5.56 Å². The molecular formula is C21H21NO6. The van der Waals surface area contributed by atoms with E-state index in [1.54, 1.807) is 7.11 Å². The summed E-state index contributed by atoms with van der Waals surface area (Å²) in [5, 5.41) is 11.2. The largest absolute Gasteiger partial charge is 0.454 e. The summed E-state index contributed by atoms with van der Waals surface area (Å²) in [6.45, 7) is 1.59. The zero-order chi connectivity index (χ0) is 18.8. The van der Waals surface area contributed by atoms with Crippen molar-refractivity contribution in [1.29, 1.82) is 0 Å². The Morgan fingerprint density at radius 1 is 1.04 bits per heavy atom. The van der Waals surface area contributed by atoms with E-state index in [0.717, 1.165) is 39.7 Å². The molecule has 1 N–H and O–H groups in total. The van der Waals surface area contributed by atoms with Crippen molar-refractivity contribution < 1.29 is 28.8 Å². The van der Waals surface area contributed by atoms with E-state index in [2.05, 4.69) is 17.0 Å². The van der Waals surface area contributed by atoms with Crippen LogP contribution in [0.15, 0.2) is 24.3 Å². The van der Waals surface area contributed by atoms with Gasteiger partial charge in [0.2, 0.25) is 13.6 Å². The maximum atomic E-state index is 11.2. The third-order valence-electron chi connectivity index (χ3n) is 6.22. The SMILES string of the molecule is COCN1Cc2c(ccc3c2OCO3)C2C(O)Cc3cc4c(cc3C21)OCO4. The Hall–Kier alpha value is -2.48. The molecule has 146 valence electrons. The van der Waals surface area contributed by atoms with E-state index in [1.807, 2.05) is 12.1 Å². The highest BCUT2D eigenvalue weighted by molar-refractivity contribution is 5.58. The molecular weight excluding hydrogens is 362 g/mol. The van der Waals surface area contributed by atoms with Crippen molar-refractivity contribution in [3.63, 3.8) is 0 Å². The predicted octanol–water partition coefficient (Wildman–Crippen LogP) is 2.31. The summed E-state index contributed by atoms with van der Waals surface area (Å²) in [5.74, 6) is 3.00. The standard InChI is InChI=1S/C21H21NO6/c1-24-8-22-7-14-12(2-3-16-21(14)28-10-25-16)19-15(23)4-11-5-17-18(27-9-26-17)6-13(11)20(19)22/h2-3,5-6,15,19-20,23H,4,7-10H2,1H3. The minimum absolute atomic E-state index is 0.0129. The van der Waals surface area contributed by atoms with Gasteiger partial charge in [0.25, 0.3) is 0 Å². The van der Waals surface area contributed by atoms with Crippen LogP contribution in [0.2, 0.25) is 0 Å². The van der Waals surface area contributed by atoms with Gasteiger partial charge in [-0.3, -0.25) is 4.90 Å². The number of nitrogens with zero attached hydrogens (tertiary/aromatic N) is 1. The summed E-state index contributed by atoms with van der Waals surface area (Å²) in [5.41, 5.74) is 4.47. The number of hydrogen-bond donors (Lipinski definition) is 1. The smallest absolute Gasteiger partial charge is 0.231 e. The van der Waals surface area contributed by atoms with Gasteiger partial charge in [0.1, 0.15) is 0 Å². The lowest BCUT2D eigenvalue weighted by Crippen LogP contribution is -2.45. The van der Waals surface area contributed by atoms with Crippen molar-refractivity contribution >= 4 is 0 Å². The molecule has 0 saturated heterocycles. The molecule has 7 heteroatoms. The van der Waals surface area contributed by atoms with Gasteiger partial charge in [-0.05, 0) is 41.3 Å². The van der Waals surface area contributed by atoms with E-state index < -0.39 is 6.10 Å². The summed E-state index contributed by atoms with van der Waals surface area (Å²) in [6, 6.07) is 8.10. The van der Waals surface area contributed by atoms with Gasteiger partial charge in [0.05, 0.1) is 12.8 Å². The molecule has 0 fully saturated rings. The Morgan fingerprint density at radius 3 is 2.68 bits per heavy atom. The highest BCUT2D eigenvalue weighted by Crippen LogP contribution is 2.54. The van der Waals surface area contributed by atoms with Gasteiger partial charge in [-0.25, -0.2) is 0 Å². The van der Waals surface area contributed by atoms with E-state index in [-0.39, 0.29) is 25.5 Å². The van der Waals surface area contributed by atoms with Crippen LogP contribution < -0.4 is 18.9 Å². The first-order valence-corrected chi connectivity index (χ1v) is 9.49. The first-order valence-electron chi connectivity index (χ1n) is 9.49. The zero-order valence-electron chi connectivity index (χ0n) is 15.5. The van der Waals surface area contributed by atoms with E-state index in [4.69, 9.17) is 23.7 Å². The zero-order valence-corrected chi connectivity index (χ0v) is 15.5. The van der Waals surface area contributed by atoms with Crippen LogP contribution in [0.4, 0.5) is 0 Å². The molecule has 3 heterocycles. The number of rotatable bonds is 2. The lowest BCUT2D eigenvalue weighted by molar-refractivity contribution is -0.0197. The number of methoxy groups -OCH3 is 1. The number of aliphatic hydroxyl groups is 1. The van der Waals surface area contributed by atoms with Crippen LogP contribution in [0.3, 0.4) is 0 Å².